The van der Waals surface area contributed by atoms with Gasteiger partial charge in [0.15, 0.2) is 5.16 Å². The van der Waals surface area contributed by atoms with E-state index in [0.29, 0.717) is 21.8 Å². The summed E-state index contributed by atoms with van der Waals surface area (Å²) < 4.78 is 3.76. The lowest BCUT2D eigenvalue weighted by Crippen LogP contribution is -2.22. The summed E-state index contributed by atoms with van der Waals surface area (Å²) in [6.07, 6.45) is 4.04. The van der Waals surface area contributed by atoms with Crippen molar-refractivity contribution in [1.82, 2.24) is 18.9 Å². The second-order valence-corrected chi connectivity index (χ2v) is 8.22. The van der Waals surface area contributed by atoms with Crippen LogP contribution in [-0.4, -0.2) is 18.9 Å². The van der Waals surface area contributed by atoms with Gasteiger partial charge < -0.3 is 4.40 Å². The Hall–Kier alpha value is -3.38. The number of aromatic nitrogens is 4. The summed E-state index contributed by atoms with van der Waals surface area (Å²) in [7, 11) is 0. The van der Waals surface area contributed by atoms with E-state index in [1.165, 1.54) is 11.8 Å². The number of benzene rings is 2. The van der Waals surface area contributed by atoms with Crippen LogP contribution in [0.15, 0.2) is 83.0 Å². The second kappa shape index (κ2) is 7.46. The molecule has 3 heterocycles. The average Bonchev–Trinajstić information content (AvgIpc) is 3.18. The summed E-state index contributed by atoms with van der Waals surface area (Å²) in [4.78, 5) is 23.0. The standard InChI is InChI=1S/C24H20N4OS/c1-16-8-3-6-12-21(16)28-23(29)19-10-4-5-11-20(19)26-24(28)30-15-18-14-27-13-7-9-17(2)22(27)25-18/h3-14H,15H2,1-2H3. The van der Waals surface area contributed by atoms with Gasteiger partial charge in [-0.15, -0.1) is 0 Å². The lowest BCUT2D eigenvalue weighted by Gasteiger charge is -2.14. The van der Waals surface area contributed by atoms with Crippen LogP contribution in [0.2, 0.25) is 0 Å². The van der Waals surface area contributed by atoms with E-state index in [4.69, 9.17) is 9.97 Å². The van der Waals surface area contributed by atoms with E-state index in [9.17, 15) is 4.79 Å². The molecule has 5 nitrogen and oxygen atoms in total. The molecule has 0 fully saturated rings. The molecule has 0 aliphatic rings. The van der Waals surface area contributed by atoms with Gasteiger partial charge in [-0.05, 0) is 49.2 Å². The maximum Gasteiger partial charge on any atom is 0.266 e. The highest BCUT2D eigenvalue weighted by Gasteiger charge is 2.15. The van der Waals surface area contributed by atoms with Gasteiger partial charge in [0.2, 0.25) is 0 Å². The Morgan fingerprint density at radius 1 is 0.900 bits per heavy atom. The SMILES string of the molecule is Cc1ccccc1-n1c(SCc2cn3cccc(C)c3n2)nc2ccccc2c1=O. The van der Waals surface area contributed by atoms with E-state index in [-0.39, 0.29) is 5.56 Å². The summed E-state index contributed by atoms with van der Waals surface area (Å²) in [5.41, 5.74) is 5.58. The van der Waals surface area contributed by atoms with E-state index < -0.39 is 0 Å². The molecular weight excluding hydrogens is 392 g/mol. The van der Waals surface area contributed by atoms with Crippen molar-refractivity contribution in [2.75, 3.05) is 0 Å². The fourth-order valence-electron chi connectivity index (χ4n) is 3.65. The Balaban J connectivity index is 1.62. The number of hydrogen-bond acceptors (Lipinski definition) is 4. The van der Waals surface area contributed by atoms with Gasteiger partial charge >= 0.3 is 0 Å². The van der Waals surface area contributed by atoms with Crippen molar-refractivity contribution in [3.63, 3.8) is 0 Å². The highest BCUT2D eigenvalue weighted by molar-refractivity contribution is 7.98. The summed E-state index contributed by atoms with van der Waals surface area (Å²) >= 11 is 1.53. The molecular formula is C24H20N4OS. The lowest BCUT2D eigenvalue weighted by molar-refractivity contribution is 0.814. The first-order chi connectivity index (χ1) is 14.6. The molecule has 0 amide bonds. The van der Waals surface area contributed by atoms with Gasteiger partial charge in [0.05, 0.1) is 22.3 Å². The van der Waals surface area contributed by atoms with E-state index in [1.54, 1.807) is 4.57 Å². The van der Waals surface area contributed by atoms with Crippen LogP contribution in [0.4, 0.5) is 0 Å². The van der Waals surface area contributed by atoms with Crippen molar-refractivity contribution in [1.29, 1.82) is 0 Å². The molecule has 5 rings (SSSR count). The zero-order chi connectivity index (χ0) is 20.7. The highest BCUT2D eigenvalue weighted by Crippen LogP contribution is 2.26. The minimum Gasteiger partial charge on any atom is -0.307 e. The Kier molecular flexibility index (Phi) is 4.64. The third-order valence-electron chi connectivity index (χ3n) is 5.18. The summed E-state index contributed by atoms with van der Waals surface area (Å²) in [6.45, 7) is 4.07. The maximum absolute atomic E-state index is 13.4. The fraction of sp³-hybridized carbons (Fsp3) is 0.125. The van der Waals surface area contributed by atoms with Gasteiger partial charge in [0, 0.05) is 18.1 Å². The van der Waals surface area contributed by atoms with E-state index in [0.717, 1.165) is 28.2 Å². The number of para-hydroxylation sites is 2. The van der Waals surface area contributed by atoms with Gasteiger partial charge in [-0.1, -0.05) is 48.2 Å². The molecule has 0 aliphatic heterocycles. The average molecular weight is 413 g/mol. The number of thioether (sulfide) groups is 1. The molecule has 0 spiro atoms. The van der Waals surface area contributed by atoms with Crippen molar-refractivity contribution in [2.45, 2.75) is 24.8 Å². The van der Waals surface area contributed by atoms with Crippen LogP contribution >= 0.6 is 11.8 Å². The Morgan fingerprint density at radius 3 is 2.50 bits per heavy atom. The smallest absolute Gasteiger partial charge is 0.266 e. The van der Waals surface area contributed by atoms with Crippen molar-refractivity contribution < 1.29 is 0 Å². The van der Waals surface area contributed by atoms with Gasteiger partial charge in [-0.25, -0.2) is 9.97 Å². The molecule has 0 bridgehead atoms. The molecule has 0 saturated carbocycles. The number of rotatable bonds is 4. The van der Waals surface area contributed by atoms with Crippen LogP contribution in [0, 0.1) is 13.8 Å². The summed E-state index contributed by atoms with van der Waals surface area (Å²) in [5.74, 6) is 0.623. The Bertz CT molecular complexity index is 1450. The predicted molar refractivity (Wildman–Crippen MR) is 122 cm³/mol. The minimum atomic E-state index is -0.0526. The van der Waals surface area contributed by atoms with E-state index >= 15 is 0 Å². The quantitative estimate of drug-likeness (QED) is 0.310. The molecule has 3 aromatic heterocycles. The fourth-order valence-corrected chi connectivity index (χ4v) is 4.54. The first-order valence-corrected chi connectivity index (χ1v) is 10.7. The van der Waals surface area contributed by atoms with Gasteiger partial charge in [0.25, 0.3) is 5.56 Å². The van der Waals surface area contributed by atoms with Crippen molar-refractivity contribution in [3.8, 4) is 5.69 Å². The van der Waals surface area contributed by atoms with Crippen LogP contribution in [0.1, 0.15) is 16.8 Å². The molecule has 6 heteroatoms. The zero-order valence-electron chi connectivity index (χ0n) is 16.7. The van der Waals surface area contributed by atoms with Crippen molar-refractivity contribution in [2.24, 2.45) is 0 Å². The number of aryl methyl sites for hydroxylation is 2. The second-order valence-electron chi connectivity index (χ2n) is 7.28. The molecule has 0 N–H and O–H groups in total. The monoisotopic (exact) mass is 412 g/mol. The highest BCUT2D eigenvalue weighted by atomic mass is 32.2. The molecule has 0 aliphatic carbocycles. The number of fused-ring (bicyclic) bond motifs is 2. The largest absolute Gasteiger partial charge is 0.307 e. The lowest BCUT2D eigenvalue weighted by atomic mass is 10.2. The number of hydrogen-bond donors (Lipinski definition) is 0. The van der Waals surface area contributed by atoms with E-state index in [1.807, 2.05) is 78.3 Å². The first-order valence-electron chi connectivity index (χ1n) is 9.75. The third-order valence-corrected chi connectivity index (χ3v) is 6.15. The molecule has 0 saturated heterocycles. The molecule has 0 atom stereocenters. The Labute approximate surface area is 178 Å². The summed E-state index contributed by atoms with van der Waals surface area (Å²) in [6, 6.07) is 19.5. The molecule has 0 radical (unpaired) electrons. The zero-order valence-corrected chi connectivity index (χ0v) is 17.6. The van der Waals surface area contributed by atoms with E-state index in [2.05, 4.69) is 13.0 Å². The molecule has 30 heavy (non-hydrogen) atoms. The maximum atomic E-state index is 13.4. The normalized spacial score (nSPS) is 11.4. The van der Waals surface area contributed by atoms with Crippen LogP contribution in [-0.2, 0) is 5.75 Å². The number of pyridine rings is 1. The van der Waals surface area contributed by atoms with Crippen LogP contribution < -0.4 is 5.56 Å². The van der Waals surface area contributed by atoms with Gasteiger partial charge in [-0.2, -0.15) is 0 Å². The molecule has 2 aromatic carbocycles. The van der Waals surface area contributed by atoms with Crippen molar-refractivity contribution >= 4 is 28.3 Å². The molecule has 0 unspecified atom stereocenters. The van der Waals surface area contributed by atoms with Gasteiger partial charge in [0.1, 0.15) is 5.65 Å². The topological polar surface area (TPSA) is 52.2 Å². The van der Waals surface area contributed by atoms with Crippen LogP contribution in [0.3, 0.4) is 0 Å². The minimum absolute atomic E-state index is 0.0526. The molecule has 5 aromatic rings. The third kappa shape index (κ3) is 3.19. The number of imidazole rings is 1. The predicted octanol–water partition coefficient (Wildman–Crippen LogP) is 4.94. The summed E-state index contributed by atoms with van der Waals surface area (Å²) in [5, 5.41) is 1.29. The van der Waals surface area contributed by atoms with Gasteiger partial charge in [-0.3, -0.25) is 9.36 Å². The first kappa shape index (κ1) is 18.6. The molecule has 148 valence electrons. The number of nitrogens with zero attached hydrogens (tertiary/aromatic N) is 4. The van der Waals surface area contributed by atoms with Crippen molar-refractivity contribution in [3.05, 3.63) is 100 Å². The van der Waals surface area contributed by atoms with Crippen LogP contribution in [0.5, 0.6) is 0 Å². The Morgan fingerprint density at radius 2 is 1.67 bits per heavy atom. The van der Waals surface area contributed by atoms with Crippen LogP contribution in [0.25, 0.3) is 22.2 Å².